The number of carbonyl (C=O) groups excluding carboxylic acids is 1. The summed E-state index contributed by atoms with van der Waals surface area (Å²) in [7, 11) is 0. The van der Waals surface area contributed by atoms with Crippen LogP contribution in [0.2, 0.25) is 10.0 Å². The van der Waals surface area contributed by atoms with E-state index < -0.39 is 5.97 Å². The van der Waals surface area contributed by atoms with Crippen molar-refractivity contribution in [1.29, 1.82) is 0 Å². The number of aromatic nitrogens is 2. The molecule has 1 aromatic carbocycles. The maximum atomic E-state index is 11.9. The minimum absolute atomic E-state index is 0.0834. The number of amides is 1. The fourth-order valence-electron chi connectivity index (χ4n) is 1.70. The van der Waals surface area contributed by atoms with Gasteiger partial charge in [-0.1, -0.05) is 29.3 Å². The van der Waals surface area contributed by atoms with Crippen molar-refractivity contribution in [3.05, 3.63) is 46.2 Å². The number of carbonyl (C=O) groups is 2. The smallest absolute Gasteiger partial charge is 0.325 e. The van der Waals surface area contributed by atoms with E-state index in [0.29, 0.717) is 21.3 Å². The molecule has 2 aromatic rings. The number of hydrogen-bond acceptors (Lipinski definition) is 3. The number of hydrogen-bond donors (Lipinski definition) is 2. The first kappa shape index (κ1) is 15.3. The fourth-order valence-corrected chi connectivity index (χ4v) is 2.17. The second-order valence-corrected chi connectivity index (χ2v) is 5.12. The zero-order chi connectivity index (χ0) is 15.4. The lowest BCUT2D eigenvalue weighted by Crippen LogP contribution is -2.14. The molecule has 0 saturated heterocycles. The second kappa shape index (κ2) is 6.60. The highest BCUT2D eigenvalue weighted by molar-refractivity contribution is 6.35. The van der Waals surface area contributed by atoms with Crippen LogP contribution < -0.4 is 5.32 Å². The van der Waals surface area contributed by atoms with Crippen LogP contribution in [-0.4, -0.2) is 26.8 Å². The van der Waals surface area contributed by atoms with Crippen LogP contribution in [0.4, 0.5) is 5.69 Å². The zero-order valence-corrected chi connectivity index (χ0v) is 12.2. The van der Waals surface area contributed by atoms with E-state index in [4.69, 9.17) is 28.3 Å². The van der Waals surface area contributed by atoms with Gasteiger partial charge in [-0.15, -0.1) is 0 Å². The molecule has 0 saturated carbocycles. The number of benzene rings is 1. The van der Waals surface area contributed by atoms with Gasteiger partial charge in [-0.2, -0.15) is 5.10 Å². The summed E-state index contributed by atoms with van der Waals surface area (Å²) in [6.07, 6.45) is 2.90. The summed E-state index contributed by atoms with van der Waals surface area (Å²) in [5, 5.41) is 16.0. The van der Waals surface area contributed by atoms with Crippen LogP contribution in [0, 0.1) is 0 Å². The van der Waals surface area contributed by atoms with Gasteiger partial charge in [0, 0.05) is 16.2 Å². The van der Waals surface area contributed by atoms with Crippen LogP contribution in [0.5, 0.6) is 0 Å². The van der Waals surface area contributed by atoms with Gasteiger partial charge in [0.15, 0.2) is 0 Å². The van der Waals surface area contributed by atoms with E-state index in [-0.39, 0.29) is 18.9 Å². The molecule has 0 unspecified atom stereocenters. The maximum absolute atomic E-state index is 11.9. The third-order valence-corrected chi connectivity index (χ3v) is 3.17. The Morgan fingerprint density at radius 2 is 2.10 bits per heavy atom. The number of carboxylic acid groups (broad SMARTS) is 1. The highest BCUT2D eigenvalue weighted by atomic mass is 35.5. The minimum atomic E-state index is -1.01. The predicted molar refractivity (Wildman–Crippen MR) is 78.7 cm³/mol. The van der Waals surface area contributed by atoms with Crippen LogP contribution in [0.15, 0.2) is 30.6 Å². The highest BCUT2D eigenvalue weighted by Crippen LogP contribution is 2.21. The van der Waals surface area contributed by atoms with Gasteiger partial charge in [-0.25, -0.2) is 0 Å². The number of carboxylic acids is 1. The summed E-state index contributed by atoms with van der Waals surface area (Å²) in [5.41, 5.74) is 1.07. The van der Waals surface area contributed by atoms with Crippen LogP contribution >= 0.6 is 23.2 Å². The molecule has 8 heteroatoms. The van der Waals surface area contributed by atoms with E-state index in [2.05, 4.69) is 10.4 Å². The Morgan fingerprint density at radius 3 is 2.76 bits per heavy atom. The predicted octanol–water partition coefficient (Wildman–Crippen LogP) is 2.46. The summed E-state index contributed by atoms with van der Waals surface area (Å²) in [5.74, 6) is -1.29. The molecule has 1 amide bonds. The van der Waals surface area contributed by atoms with Gasteiger partial charge in [0.2, 0.25) is 5.91 Å². The van der Waals surface area contributed by atoms with Crippen molar-refractivity contribution >= 4 is 40.8 Å². The summed E-state index contributed by atoms with van der Waals surface area (Å²) in [6.45, 7) is -0.265. The van der Waals surface area contributed by atoms with Gasteiger partial charge in [0.25, 0.3) is 0 Å². The summed E-state index contributed by atoms with van der Waals surface area (Å²) >= 11 is 11.8. The molecule has 0 atom stereocenters. The molecule has 1 aromatic heterocycles. The van der Waals surface area contributed by atoms with Crippen molar-refractivity contribution in [2.75, 3.05) is 5.32 Å². The quantitative estimate of drug-likeness (QED) is 0.883. The van der Waals surface area contributed by atoms with E-state index in [9.17, 15) is 9.59 Å². The lowest BCUT2D eigenvalue weighted by Gasteiger charge is -2.05. The van der Waals surface area contributed by atoms with E-state index in [1.807, 2.05) is 0 Å². The van der Waals surface area contributed by atoms with Gasteiger partial charge in [-0.05, 0) is 17.7 Å². The normalized spacial score (nSPS) is 10.4. The number of nitrogens with one attached hydrogen (secondary N) is 1. The summed E-state index contributed by atoms with van der Waals surface area (Å²) in [4.78, 5) is 22.4. The summed E-state index contributed by atoms with van der Waals surface area (Å²) < 4.78 is 1.22. The number of rotatable bonds is 5. The summed E-state index contributed by atoms with van der Waals surface area (Å²) in [6, 6.07) is 4.90. The monoisotopic (exact) mass is 327 g/mol. The van der Waals surface area contributed by atoms with Crippen LogP contribution in [0.25, 0.3) is 0 Å². The van der Waals surface area contributed by atoms with Gasteiger partial charge >= 0.3 is 5.97 Å². The first-order chi connectivity index (χ1) is 9.94. The second-order valence-electron chi connectivity index (χ2n) is 4.28. The van der Waals surface area contributed by atoms with Crippen molar-refractivity contribution in [1.82, 2.24) is 9.78 Å². The lowest BCUT2D eigenvalue weighted by molar-refractivity contribution is -0.137. The van der Waals surface area contributed by atoms with Crippen molar-refractivity contribution in [3.8, 4) is 0 Å². The van der Waals surface area contributed by atoms with Crippen molar-refractivity contribution in [3.63, 3.8) is 0 Å². The van der Waals surface area contributed by atoms with Crippen LogP contribution in [-0.2, 0) is 22.6 Å². The molecule has 0 aliphatic rings. The Bertz CT molecular complexity index is 685. The van der Waals surface area contributed by atoms with Gasteiger partial charge in [0.1, 0.15) is 6.54 Å². The average molecular weight is 328 g/mol. The third kappa shape index (κ3) is 4.47. The average Bonchev–Trinajstić information content (AvgIpc) is 2.79. The molecule has 110 valence electrons. The standard InChI is InChI=1S/C13H11Cl2N3O3/c14-9-2-1-8(11(15)4-9)3-12(19)17-10-5-16-18(6-10)7-13(20)21/h1-2,4-6H,3,7H2,(H,17,19)(H,20,21). The number of anilines is 1. The molecule has 0 aliphatic carbocycles. The van der Waals surface area contributed by atoms with Gasteiger partial charge in [-0.3, -0.25) is 14.3 Å². The SMILES string of the molecule is O=C(O)Cn1cc(NC(=O)Cc2ccc(Cl)cc2Cl)cn1. The van der Waals surface area contributed by atoms with Crippen molar-refractivity contribution < 1.29 is 14.7 Å². The molecule has 0 bridgehead atoms. The zero-order valence-electron chi connectivity index (χ0n) is 10.7. The highest BCUT2D eigenvalue weighted by Gasteiger charge is 2.10. The van der Waals surface area contributed by atoms with E-state index in [1.54, 1.807) is 18.2 Å². The Labute approximate surface area is 130 Å². The molecule has 0 fully saturated rings. The molecule has 2 rings (SSSR count). The van der Waals surface area contributed by atoms with Crippen molar-refractivity contribution in [2.45, 2.75) is 13.0 Å². The largest absolute Gasteiger partial charge is 0.480 e. The number of aliphatic carboxylic acids is 1. The molecule has 0 spiro atoms. The molecule has 0 radical (unpaired) electrons. The lowest BCUT2D eigenvalue weighted by atomic mass is 10.1. The molecule has 1 heterocycles. The molecule has 21 heavy (non-hydrogen) atoms. The molecule has 6 nitrogen and oxygen atoms in total. The number of halogens is 2. The molecule has 0 aliphatic heterocycles. The van der Waals surface area contributed by atoms with Crippen LogP contribution in [0.3, 0.4) is 0 Å². The Balaban J connectivity index is 1.98. The van der Waals surface area contributed by atoms with E-state index in [1.165, 1.54) is 17.1 Å². The van der Waals surface area contributed by atoms with E-state index in [0.717, 1.165) is 0 Å². The van der Waals surface area contributed by atoms with E-state index >= 15 is 0 Å². The Morgan fingerprint density at radius 1 is 1.33 bits per heavy atom. The van der Waals surface area contributed by atoms with Crippen LogP contribution in [0.1, 0.15) is 5.56 Å². The Kier molecular flexibility index (Phi) is 4.82. The topological polar surface area (TPSA) is 84.2 Å². The molecular formula is C13H11Cl2N3O3. The Hall–Kier alpha value is -2.05. The molecule has 2 N–H and O–H groups in total. The molecular weight excluding hydrogens is 317 g/mol. The fraction of sp³-hybridized carbons (Fsp3) is 0.154. The number of nitrogens with zero attached hydrogens (tertiary/aromatic N) is 2. The third-order valence-electron chi connectivity index (χ3n) is 2.58. The maximum Gasteiger partial charge on any atom is 0.325 e. The first-order valence-electron chi connectivity index (χ1n) is 5.92. The van der Waals surface area contributed by atoms with Gasteiger partial charge in [0.05, 0.1) is 18.3 Å². The first-order valence-corrected chi connectivity index (χ1v) is 6.67. The minimum Gasteiger partial charge on any atom is -0.480 e. The van der Waals surface area contributed by atoms with Crippen molar-refractivity contribution in [2.24, 2.45) is 0 Å². The van der Waals surface area contributed by atoms with Gasteiger partial charge < -0.3 is 10.4 Å².